The number of ether oxygens (including phenoxy) is 1. The minimum absolute atomic E-state index is 0.577. The summed E-state index contributed by atoms with van der Waals surface area (Å²) in [5.41, 5.74) is 6.76. The van der Waals surface area contributed by atoms with Gasteiger partial charge in [0.05, 0.1) is 12.2 Å². The first kappa shape index (κ1) is 16.0. The summed E-state index contributed by atoms with van der Waals surface area (Å²) in [7, 11) is 0. The van der Waals surface area contributed by atoms with Crippen LogP contribution >= 0.6 is 0 Å². The quantitative estimate of drug-likeness (QED) is 0.837. The van der Waals surface area contributed by atoms with Crippen LogP contribution in [0.2, 0.25) is 0 Å². The molecule has 0 aromatic carbocycles. The lowest BCUT2D eigenvalue weighted by Crippen LogP contribution is -2.39. The molecule has 0 amide bonds. The third kappa shape index (κ3) is 4.06. The standard InChI is InChI=1S/C16H28N4O/c1-3-21-16-13(2)15(18-12-19-16)20(11-7-10-17)14-8-5-4-6-9-14/h12,14H,3-11,17H2,1-2H3. The zero-order valence-corrected chi connectivity index (χ0v) is 13.3. The van der Waals surface area contributed by atoms with E-state index >= 15 is 0 Å². The van der Waals surface area contributed by atoms with Gasteiger partial charge in [0.25, 0.3) is 0 Å². The van der Waals surface area contributed by atoms with Gasteiger partial charge in [0, 0.05) is 12.6 Å². The number of nitrogens with two attached hydrogens (primary N) is 1. The van der Waals surface area contributed by atoms with Crippen molar-refractivity contribution in [2.45, 2.75) is 58.4 Å². The molecule has 0 atom stereocenters. The number of anilines is 1. The summed E-state index contributed by atoms with van der Waals surface area (Å²) < 4.78 is 5.62. The van der Waals surface area contributed by atoms with Crippen molar-refractivity contribution in [2.24, 2.45) is 5.73 Å². The topological polar surface area (TPSA) is 64.3 Å². The van der Waals surface area contributed by atoms with Gasteiger partial charge in [0.15, 0.2) is 0 Å². The smallest absolute Gasteiger partial charge is 0.221 e. The van der Waals surface area contributed by atoms with E-state index in [1.54, 1.807) is 6.33 Å². The second-order valence-electron chi connectivity index (χ2n) is 5.69. The predicted octanol–water partition coefficient (Wildman–Crippen LogP) is 2.67. The van der Waals surface area contributed by atoms with E-state index in [1.165, 1.54) is 32.1 Å². The van der Waals surface area contributed by atoms with E-state index in [0.717, 1.165) is 24.3 Å². The molecule has 5 heteroatoms. The molecule has 1 heterocycles. The summed E-state index contributed by atoms with van der Waals surface area (Å²) in [4.78, 5) is 11.2. The molecular formula is C16H28N4O. The van der Waals surface area contributed by atoms with E-state index in [9.17, 15) is 0 Å². The molecule has 1 fully saturated rings. The molecule has 21 heavy (non-hydrogen) atoms. The lowest BCUT2D eigenvalue weighted by Gasteiger charge is -2.36. The van der Waals surface area contributed by atoms with Gasteiger partial charge in [-0.05, 0) is 39.7 Å². The number of aromatic nitrogens is 2. The SMILES string of the molecule is CCOc1ncnc(N(CCCN)C2CCCCC2)c1C. The van der Waals surface area contributed by atoms with Crippen molar-refractivity contribution in [3.8, 4) is 5.88 Å². The van der Waals surface area contributed by atoms with Crippen LogP contribution in [0.5, 0.6) is 5.88 Å². The summed E-state index contributed by atoms with van der Waals surface area (Å²) in [5, 5.41) is 0. The van der Waals surface area contributed by atoms with E-state index in [-0.39, 0.29) is 0 Å². The highest BCUT2D eigenvalue weighted by Gasteiger charge is 2.24. The predicted molar refractivity (Wildman–Crippen MR) is 85.8 cm³/mol. The van der Waals surface area contributed by atoms with Gasteiger partial charge in [0.2, 0.25) is 5.88 Å². The normalized spacial score (nSPS) is 16.0. The molecule has 1 aliphatic carbocycles. The molecule has 0 bridgehead atoms. The Morgan fingerprint density at radius 2 is 2.05 bits per heavy atom. The molecule has 1 aliphatic rings. The monoisotopic (exact) mass is 292 g/mol. The molecule has 0 radical (unpaired) electrons. The van der Waals surface area contributed by atoms with Gasteiger partial charge < -0.3 is 15.4 Å². The van der Waals surface area contributed by atoms with Gasteiger partial charge in [-0.3, -0.25) is 0 Å². The van der Waals surface area contributed by atoms with Crippen LogP contribution in [0.1, 0.15) is 51.0 Å². The Morgan fingerprint density at radius 1 is 1.29 bits per heavy atom. The molecule has 1 aromatic rings. The van der Waals surface area contributed by atoms with E-state index in [1.807, 2.05) is 6.92 Å². The molecule has 0 saturated heterocycles. The minimum atomic E-state index is 0.577. The lowest BCUT2D eigenvalue weighted by atomic mass is 9.94. The summed E-state index contributed by atoms with van der Waals surface area (Å²) in [6, 6.07) is 0.577. The average molecular weight is 292 g/mol. The second kappa shape index (κ2) is 8.17. The molecule has 0 aliphatic heterocycles. The maximum absolute atomic E-state index is 5.72. The second-order valence-corrected chi connectivity index (χ2v) is 5.69. The Bertz CT molecular complexity index is 432. The highest BCUT2D eigenvalue weighted by atomic mass is 16.5. The largest absolute Gasteiger partial charge is 0.478 e. The molecule has 5 nitrogen and oxygen atoms in total. The summed E-state index contributed by atoms with van der Waals surface area (Å²) in [6.07, 6.45) is 9.08. The first-order chi connectivity index (χ1) is 10.3. The van der Waals surface area contributed by atoms with Crippen LogP contribution < -0.4 is 15.4 Å². The summed E-state index contributed by atoms with van der Waals surface area (Å²) >= 11 is 0. The van der Waals surface area contributed by atoms with E-state index in [2.05, 4.69) is 21.8 Å². The first-order valence-electron chi connectivity index (χ1n) is 8.19. The Morgan fingerprint density at radius 3 is 2.71 bits per heavy atom. The minimum Gasteiger partial charge on any atom is -0.478 e. The third-order valence-corrected chi connectivity index (χ3v) is 4.18. The van der Waals surface area contributed by atoms with Crippen LogP contribution in [0, 0.1) is 6.92 Å². The van der Waals surface area contributed by atoms with E-state index in [0.29, 0.717) is 25.1 Å². The van der Waals surface area contributed by atoms with Crippen LogP contribution in [0.15, 0.2) is 6.33 Å². The van der Waals surface area contributed by atoms with Crippen molar-refractivity contribution < 1.29 is 4.74 Å². The van der Waals surface area contributed by atoms with E-state index < -0.39 is 0 Å². The van der Waals surface area contributed by atoms with Crippen LogP contribution in [0.4, 0.5) is 5.82 Å². The van der Waals surface area contributed by atoms with Crippen molar-refractivity contribution in [3.05, 3.63) is 11.9 Å². The Hall–Kier alpha value is -1.36. The van der Waals surface area contributed by atoms with Crippen molar-refractivity contribution in [1.82, 2.24) is 9.97 Å². The molecule has 0 spiro atoms. The Balaban J connectivity index is 2.24. The van der Waals surface area contributed by atoms with Crippen molar-refractivity contribution >= 4 is 5.82 Å². The molecule has 118 valence electrons. The van der Waals surface area contributed by atoms with E-state index in [4.69, 9.17) is 10.5 Å². The van der Waals surface area contributed by atoms with Crippen LogP contribution in [-0.4, -0.2) is 35.7 Å². The number of nitrogens with zero attached hydrogens (tertiary/aromatic N) is 3. The number of hydrogen-bond acceptors (Lipinski definition) is 5. The maximum atomic E-state index is 5.72. The molecule has 1 saturated carbocycles. The van der Waals surface area contributed by atoms with Gasteiger partial charge in [0.1, 0.15) is 12.1 Å². The van der Waals surface area contributed by atoms with Crippen LogP contribution in [0.25, 0.3) is 0 Å². The fourth-order valence-corrected chi connectivity index (χ4v) is 3.11. The zero-order valence-electron chi connectivity index (χ0n) is 13.3. The van der Waals surface area contributed by atoms with Gasteiger partial charge in [-0.25, -0.2) is 9.97 Å². The third-order valence-electron chi connectivity index (χ3n) is 4.18. The zero-order chi connectivity index (χ0) is 15.1. The van der Waals surface area contributed by atoms with Crippen molar-refractivity contribution in [3.63, 3.8) is 0 Å². The van der Waals surface area contributed by atoms with Crippen LogP contribution in [-0.2, 0) is 0 Å². The van der Waals surface area contributed by atoms with Crippen molar-refractivity contribution in [1.29, 1.82) is 0 Å². The number of rotatable bonds is 7. The fourth-order valence-electron chi connectivity index (χ4n) is 3.11. The van der Waals surface area contributed by atoms with Gasteiger partial charge in [-0.2, -0.15) is 0 Å². The maximum Gasteiger partial charge on any atom is 0.221 e. The van der Waals surface area contributed by atoms with Crippen molar-refractivity contribution in [2.75, 3.05) is 24.6 Å². The molecule has 2 N–H and O–H groups in total. The van der Waals surface area contributed by atoms with Crippen LogP contribution in [0.3, 0.4) is 0 Å². The van der Waals surface area contributed by atoms with Gasteiger partial charge >= 0.3 is 0 Å². The summed E-state index contributed by atoms with van der Waals surface area (Å²) in [6.45, 7) is 6.34. The molecule has 1 aromatic heterocycles. The molecular weight excluding hydrogens is 264 g/mol. The first-order valence-corrected chi connectivity index (χ1v) is 8.19. The average Bonchev–Trinajstić information content (AvgIpc) is 2.52. The molecule has 0 unspecified atom stereocenters. The fraction of sp³-hybridized carbons (Fsp3) is 0.750. The highest BCUT2D eigenvalue weighted by Crippen LogP contribution is 2.30. The lowest BCUT2D eigenvalue weighted by molar-refractivity contribution is 0.323. The number of hydrogen-bond donors (Lipinski definition) is 1. The molecule has 2 rings (SSSR count). The van der Waals surface area contributed by atoms with Gasteiger partial charge in [-0.15, -0.1) is 0 Å². The Labute approximate surface area is 127 Å². The highest BCUT2D eigenvalue weighted by molar-refractivity contribution is 5.51. The Kier molecular flexibility index (Phi) is 6.23. The van der Waals surface area contributed by atoms with Gasteiger partial charge in [-0.1, -0.05) is 19.3 Å². The summed E-state index contributed by atoms with van der Waals surface area (Å²) in [5.74, 6) is 1.73.